The molecule has 0 fully saturated rings. The SMILES string of the molecule is CNC(c1cccc(S(C)(=O)=O)c1)c1ccc(Cl)c(Cl)c1. The summed E-state index contributed by atoms with van der Waals surface area (Å²) in [4.78, 5) is 0.292. The summed E-state index contributed by atoms with van der Waals surface area (Å²) in [5.74, 6) is 0. The lowest BCUT2D eigenvalue weighted by molar-refractivity contribution is 0.601. The molecule has 0 heterocycles. The van der Waals surface area contributed by atoms with Crippen LogP contribution in [-0.4, -0.2) is 21.7 Å². The molecule has 3 nitrogen and oxygen atoms in total. The first-order chi connectivity index (χ1) is 9.82. The molecule has 0 bridgehead atoms. The van der Waals surface area contributed by atoms with Crippen LogP contribution in [0.4, 0.5) is 0 Å². The maximum absolute atomic E-state index is 11.7. The Hall–Kier alpha value is -1.07. The van der Waals surface area contributed by atoms with Gasteiger partial charge in [0.15, 0.2) is 9.84 Å². The Morgan fingerprint density at radius 2 is 1.67 bits per heavy atom. The number of rotatable bonds is 4. The van der Waals surface area contributed by atoms with E-state index in [-0.39, 0.29) is 6.04 Å². The molecule has 1 atom stereocenters. The third-order valence-corrected chi connectivity index (χ3v) is 5.03. The predicted molar refractivity (Wildman–Crippen MR) is 86.9 cm³/mol. The first-order valence-corrected chi connectivity index (χ1v) is 8.90. The van der Waals surface area contributed by atoms with Gasteiger partial charge in [-0.15, -0.1) is 0 Å². The van der Waals surface area contributed by atoms with E-state index in [9.17, 15) is 8.42 Å². The van der Waals surface area contributed by atoms with Gasteiger partial charge < -0.3 is 5.32 Å². The van der Waals surface area contributed by atoms with Gasteiger partial charge in [0.1, 0.15) is 0 Å². The molecule has 2 aromatic carbocycles. The quantitative estimate of drug-likeness (QED) is 0.920. The summed E-state index contributed by atoms with van der Waals surface area (Å²) < 4.78 is 23.3. The minimum absolute atomic E-state index is 0.165. The first-order valence-electron chi connectivity index (χ1n) is 6.25. The second-order valence-electron chi connectivity index (χ2n) is 4.74. The molecular formula is C15H15Cl2NO2S. The second-order valence-corrected chi connectivity index (χ2v) is 7.57. The molecule has 1 unspecified atom stereocenters. The van der Waals surface area contributed by atoms with E-state index >= 15 is 0 Å². The van der Waals surface area contributed by atoms with Gasteiger partial charge in [0.05, 0.1) is 21.0 Å². The van der Waals surface area contributed by atoms with Crippen molar-refractivity contribution in [3.63, 3.8) is 0 Å². The van der Waals surface area contributed by atoms with E-state index < -0.39 is 9.84 Å². The second kappa shape index (κ2) is 6.36. The molecule has 0 aliphatic rings. The fraction of sp³-hybridized carbons (Fsp3) is 0.200. The summed E-state index contributed by atoms with van der Waals surface area (Å²) in [5.41, 5.74) is 1.76. The molecule has 0 saturated carbocycles. The van der Waals surface area contributed by atoms with Crippen molar-refractivity contribution in [1.29, 1.82) is 0 Å². The molecule has 0 radical (unpaired) electrons. The van der Waals surface area contributed by atoms with Crippen LogP contribution in [0.5, 0.6) is 0 Å². The molecule has 0 saturated heterocycles. The molecule has 0 aromatic heterocycles. The predicted octanol–water partition coefficient (Wildman–Crippen LogP) is 3.71. The van der Waals surface area contributed by atoms with Crippen molar-refractivity contribution in [2.45, 2.75) is 10.9 Å². The van der Waals surface area contributed by atoms with Gasteiger partial charge in [0.2, 0.25) is 0 Å². The van der Waals surface area contributed by atoms with E-state index in [0.29, 0.717) is 14.9 Å². The Balaban J connectivity index is 2.49. The first kappa shape index (κ1) is 16.3. The highest BCUT2D eigenvalue weighted by molar-refractivity contribution is 7.90. The molecular weight excluding hydrogens is 329 g/mol. The van der Waals surface area contributed by atoms with Gasteiger partial charge in [-0.3, -0.25) is 0 Å². The van der Waals surface area contributed by atoms with Crippen LogP contribution in [-0.2, 0) is 9.84 Å². The number of halogens is 2. The molecule has 0 aliphatic carbocycles. The summed E-state index contributed by atoms with van der Waals surface area (Å²) in [6, 6.07) is 12.1. The number of nitrogens with one attached hydrogen (secondary N) is 1. The molecule has 0 aliphatic heterocycles. The molecule has 6 heteroatoms. The smallest absolute Gasteiger partial charge is 0.175 e. The third-order valence-electron chi connectivity index (χ3n) is 3.19. The molecule has 2 aromatic rings. The Morgan fingerprint density at radius 3 is 2.24 bits per heavy atom. The topological polar surface area (TPSA) is 46.2 Å². The van der Waals surface area contributed by atoms with E-state index in [4.69, 9.17) is 23.2 Å². The van der Waals surface area contributed by atoms with Gasteiger partial charge >= 0.3 is 0 Å². The van der Waals surface area contributed by atoms with Crippen molar-refractivity contribution in [2.24, 2.45) is 0 Å². The zero-order valence-electron chi connectivity index (χ0n) is 11.6. The van der Waals surface area contributed by atoms with Crippen molar-refractivity contribution < 1.29 is 8.42 Å². The Labute approximate surface area is 134 Å². The summed E-state index contributed by atoms with van der Waals surface area (Å²) in [7, 11) is -1.43. The van der Waals surface area contributed by atoms with Crippen molar-refractivity contribution >= 4 is 33.0 Å². The average Bonchev–Trinajstić information content (AvgIpc) is 2.43. The van der Waals surface area contributed by atoms with Crippen LogP contribution < -0.4 is 5.32 Å². The van der Waals surface area contributed by atoms with E-state index in [2.05, 4.69) is 5.32 Å². The lowest BCUT2D eigenvalue weighted by Gasteiger charge is -2.18. The minimum atomic E-state index is -3.24. The van der Waals surface area contributed by atoms with Gasteiger partial charge in [-0.05, 0) is 42.4 Å². The fourth-order valence-corrected chi connectivity index (χ4v) is 3.12. The lowest BCUT2D eigenvalue weighted by Crippen LogP contribution is -2.18. The molecule has 0 spiro atoms. The van der Waals surface area contributed by atoms with Gasteiger partial charge in [-0.1, -0.05) is 41.4 Å². The zero-order chi connectivity index (χ0) is 15.6. The van der Waals surface area contributed by atoms with Crippen LogP contribution in [0.3, 0.4) is 0 Å². The van der Waals surface area contributed by atoms with Gasteiger partial charge in [0, 0.05) is 6.26 Å². The summed E-state index contributed by atoms with van der Waals surface area (Å²) in [6.45, 7) is 0. The maximum atomic E-state index is 11.7. The number of hydrogen-bond acceptors (Lipinski definition) is 3. The number of hydrogen-bond donors (Lipinski definition) is 1. The van der Waals surface area contributed by atoms with E-state index in [1.54, 1.807) is 37.4 Å². The standard InChI is InChI=1S/C15H15Cl2NO2S/c1-18-15(11-6-7-13(16)14(17)9-11)10-4-3-5-12(8-10)21(2,19)20/h3-9,15,18H,1-2H3. The highest BCUT2D eigenvalue weighted by atomic mass is 35.5. The van der Waals surface area contributed by atoms with E-state index in [1.165, 1.54) is 6.26 Å². The van der Waals surface area contributed by atoms with Gasteiger partial charge in [-0.2, -0.15) is 0 Å². The van der Waals surface area contributed by atoms with Crippen molar-refractivity contribution in [1.82, 2.24) is 5.32 Å². The van der Waals surface area contributed by atoms with Crippen LogP contribution in [0, 0.1) is 0 Å². The normalized spacial score (nSPS) is 13.1. The van der Waals surface area contributed by atoms with Crippen molar-refractivity contribution in [3.05, 3.63) is 63.6 Å². The summed E-state index contributed by atoms with van der Waals surface area (Å²) in [5, 5.41) is 4.12. The Bertz CT molecular complexity index is 760. The van der Waals surface area contributed by atoms with Crippen LogP contribution >= 0.6 is 23.2 Å². The zero-order valence-corrected chi connectivity index (χ0v) is 13.9. The van der Waals surface area contributed by atoms with Crippen LogP contribution in [0.1, 0.15) is 17.2 Å². The average molecular weight is 344 g/mol. The molecule has 2 rings (SSSR count). The highest BCUT2D eigenvalue weighted by Crippen LogP contribution is 2.29. The fourth-order valence-electron chi connectivity index (χ4n) is 2.14. The van der Waals surface area contributed by atoms with Crippen molar-refractivity contribution in [2.75, 3.05) is 13.3 Å². The van der Waals surface area contributed by atoms with E-state index in [1.807, 2.05) is 12.1 Å². The van der Waals surface area contributed by atoms with Crippen LogP contribution in [0.15, 0.2) is 47.4 Å². The van der Waals surface area contributed by atoms with Gasteiger partial charge in [0.25, 0.3) is 0 Å². The van der Waals surface area contributed by atoms with Crippen molar-refractivity contribution in [3.8, 4) is 0 Å². The Morgan fingerprint density at radius 1 is 1.00 bits per heavy atom. The molecule has 1 N–H and O–H groups in total. The summed E-state index contributed by atoms with van der Waals surface area (Å²) >= 11 is 12.0. The number of sulfone groups is 1. The summed E-state index contributed by atoms with van der Waals surface area (Å²) in [6.07, 6.45) is 1.19. The van der Waals surface area contributed by atoms with Crippen LogP contribution in [0.25, 0.3) is 0 Å². The molecule has 0 amide bonds. The lowest BCUT2D eigenvalue weighted by atomic mass is 9.99. The van der Waals surface area contributed by atoms with Gasteiger partial charge in [-0.25, -0.2) is 8.42 Å². The van der Waals surface area contributed by atoms with Crippen LogP contribution in [0.2, 0.25) is 10.0 Å². The highest BCUT2D eigenvalue weighted by Gasteiger charge is 2.16. The minimum Gasteiger partial charge on any atom is -0.309 e. The third kappa shape index (κ3) is 3.77. The monoisotopic (exact) mass is 343 g/mol. The largest absolute Gasteiger partial charge is 0.309 e. The maximum Gasteiger partial charge on any atom is 0.175 e. The molecule has 21 heavy (non-hydrogen) atoms. The molecule has 112 valence electrons. The number of benzene rings is 2. The Kier molecular flexibility index (Phi) is 4.94. The van der Waals surface area contributed by atoms with E-state index in [0.717, 1.165) is 11.1 Å².